The lowest BCUT2D eigenvalue weighted by atomic mass is 10.3. The zero-order valence-corrected chi connectivity index (χ0v) is 6.96. The minimum atomic E-state index is 0.676. The standard InChI is InChI=1S/C11H9N/c1-2-3-4-5-8-11-9-6-7-10-12-11/h6-7,9-10H,8H2,1H3. The highest BCUT2D eigenvalue weighted by atomic mass is 14.7. The second-order valence-corrected chi connectivity index (χ2v) is 2.17. The Morgan fingerprint density at radius 1 is 1.33 bits per heavy atom. The lowest BCUT2D eigenvalue weighted by Gasteiger charge is -1.89. The molecule has 1 nitrogen and oxygen atoms in total. The van der Waals surface area contributed by atoms with E-state index >= 15 is 0 Å². The van der Waals surface area contributed by atoms with Crippen molar-refractivity contribution in [1.29, 1.82) is 0 Å². The quantitative estimate of drug-likeness (QED) is 0.562. The molecule has 0 spiro atoms. The SMILES string of the molecule is CC#CC#CCc1ccccn1. The summed E-state index contributed by atoms with van der Waals surface area (Å²) in [6.07, 6.45) is 2.44. The highest BCUT2D eigenvalue weighted by Gasteiger charge is 1.85. The summed E-state index contributed by atoms with van der Waals surface area (Å²) < 4.78 is 0. The fourth-order valence-corrected chi connectivity index (χ4v) is 0.744. The molecule has 0 unspecified atom stereocenters. The first-order chi connectivity index (χ1) is 5.93. The van der Waals surface area contributed by atoms with Crippen LogP contribution in [0.2, 0.25) is 0 Å². The minimum Gasteiger partial charge on any atom is -0.260 e. The summed E-state index contributed by atoms with van der Waals surface area (Å²) in [7, 11) is 0. The fraction of sp³-hybridized carbons (Fsp3) is 0.182. The third kappa shape index (κ3) is 2.90. The summed E-state index contributed by atoms with van der Waals surface area (Å²) in [6.45, 7) is 1.77. The molecule has 0 saturated heterocycles. The van der Waals surface area contributed by atoms with Crippen molar-refractivity contribution < 1.29 is 0 Å². The first-order valence-corrected chi connectivity index (χ1v) is 3.73. The number of rotatable bonds is 1. The van der Waals surface area contributed by atoms with Gasteiger partial charge in [0.15, 0.2) is 0 Å². The fourth-order valence-electron chi connectivity index (χ4n) is 0.744. The molecule has 58 valence electrons. The summed E-state index contributed by atoms with van der Waals surface area (Å²) in [6, 6.07) is 5.80. The topological polar surface area (TPSA) is 12.9 Å². The summed E-state index contributed by atoms with van der Waals surface area (Å²) >= 11 is 0. The third-order valence-electron chi connectivity index (χ3n) is 1.27. The van der Waals surface area contributed by atoms with Crippen molar-refractivity contribution in [2.24, 2.45) is 0 Å². The van der Waals surface area contributed by atoms with Crippen LogP contribution in [-0.2, 0) is 6.42 Å². The zero-order chi connectivity index (χ0) is 8.65. The molecule has 0 radical (unpaired) electrons. The molecule has 1 heterocycles. The molecule has 0 saturated carbocycles. The van der Waals surface area contributed by atoms with Gasteiger partial charge >= 0.3 is 0 Å². The zero-order valence-electron chi connectivity index (χ0n) is 6.96. The van der Waals surface area contributed by atoms with Crippen LogP contribution in [-0.4, -0.2) is 4.98 Å². The van der Waals surface area contributed by atoms with Gasteiger partial charge in [-0.2, -0.15) is 0 Å². The maximum atomic E-state index is 4.13. The maximum absolute atomic E-state index is 4.13. The van der Waals surface area contributed by atoms with Crippen molar-refractivity contribution in [2.45, 2.75) is 13.3 Å². The van der Waals surface area contributed by atoms with E-state index in [4.69, 9.17) is 0 Å². The van der Waals surface area contributed by atoms with E-state index in [0.29, 0.717) is 6.42 Å². The predicted octanol–water partition coefficient (Wildman–Crippen LogP) is 1.65. The molecule has 1 aromatic heterocycles. The number of hydrogen-bond donors (Lipinski definition) is 0. The molecule has 0 aliphatic rings. The molecule has 0 atom stereocenters. The van der Waals surface area contributed by atoms with Crippen LogP contribution in [0.5, 0.6) is 0 Å². The van der Waals surface area contributed by atoms with Crippen molar-refractivity contribution in [3.05, 3.63) is 30.1 Å². The van der Waals surface area contributed by atoms with Crippen LogP contribution in [0.4, 0.5) is 0 Å². The van der Waals surface area contributed by atoms with Gasteiger partial charge in [0.2, 0.25) is 0 Å². The van der Waals surface area contributed by atoms with E-state index in [-0.39, 0.29) is 0 Å². The van der Waals surface area contributed by atoms with E-state index in [0.717, 1.165) is 5.69 Å². The predicted molar refractivity (Wildman–Crippen MR) is 49.2 cm³/mol. The van der Waals surface area contributed by atoms with Gasteiger partial charge in [0.1, 0.15) is 0 Å². The van der Waals surface area contributed by atoms with Gasteiger partial charge in [-0.3, -0.25) is 4.98 Å². The molecule has 12 heavy (non-hydrogen) atoms. The van der Waals surface area contributed by atoms with Gasteiger partial charge in [-0.15, -0.1) is 0 Å². The van der Waals surface area contributed by atoms with Crippen molar-refractivity contribution in [3.8, 4) is 23.7 Å². The Bertz CT molecular complexity index is 343. The van der Waals surface area contributed by atoms with Crippen molar-refractivity contribution in [1.82, 2.24) is 4.98 Å². The Hall–Kier alpha value is -1.73. The molecule has 0 aliphatic heterocycles. The van der Waals surface area contributed by atoms with Crippen LogP contribution < -0.4 is 0 Å². The highest BCUT2D eigenvalue weighted by molar-refractivity contribution is 5.26. The van der Waals surface area contributed by atoms with E-state index in [1.165, 1.54) is 0 Å². The van der Waals surface area contributed by atoms with Gasteiger partial charge in [-0.25, -0.2) is 0 Å². The lowest BCUT2D eigenvalue weighted by Crippen LogP contribution is -1.84. The number of hydrogen-bond acceptors (Lipinski definition) is 1. The number of aromatic nitrogens is 1. The number of pyridine rings is 1. The third-order valence-corrected chi connectivity index (χ3v) is 1.27. The van der Waals surface area contributed by atoms with E-state index in [2.05, 4.69) is 28.7 Å². The Morgan fingerprint density at radius 2 is 2.25 bits per heavy atom. The number of nitrogens with zero attached hydrogens (tertiary/aromatic N) is 1. The maximum Gasteiger partial charge on any atom is 0.0524 e. The lowest BCUT2D eigenvalue weighted by molar-refractivity contribution is 1.13. The second kappa shape index (κ2) is 4.99. The van der Waals surface area contributed by atoms with Crippen LogP contribution >= 0.6 is 0 Å². The molecule has 1 rings (SSSR count). The molecule has 0 N–H and O–H groups in total. The average molecular weight is 155 g/mol. The molecular weight excluding hydrogens is 146 g/mol. The van der Waals surface area contributed by atoms with E-state index in [1.54, 1.807) is 13.1 Å². The van der Waals surface area contributed by atoms with E-state index in [1.807, 2.05) is 18.2 Å². The molecule has 0 fully saturated rings. The minimum absolute atomic E-state index is 0.676. The Kier molecular flexibility index (Phi) is 3.48. The summed E-state index contributed by atoms with van der Waals surface area (Å²) in [5.74, 6) is 11.0. The Morgan fingerprint density at radius 3 is 2.92 bits per heavy atom. The molecule has 0 amide bonds. The first-order valence-electron chi connectivity index (χ1n) is 3.73. The average Bonchev–Trinajstić information content (AvgIpc) is 2.14. The van der Waals surface area contributed by atoms with Crippen LogP contribution in [0.1, 0.15) is 12.6 Å². The van der Waals surface area contributed by atoms with E-state index < -0.39 is 0 Å². The van der Waals surface area contributed by atoms with Crippen LogP contribution in [0.25, 0.3) is 0 Å². The molecule has 0 aromatic carbocycles. The molecular formula is C11H9N. The Labute approximate surface area is 72.8 Å². The molecule has 1 heteroatoms. The first kappa shape index (κ1) is 8.37. The van der Waals surface area contributed by atoms with Gasteiger partial charge in [-0.05, 0) is 30.9 Å². The largest absolute Gasteiger partial charge is 0.260 e. The summed E-state index contributed by atoms with van der Waals surface area (Å²) in [4.78, 5) is 4.13. The summed E-state index contributed by atoms with van der Waals surface area (Å²) in [5, 5.41) is 0. The molecule has 1 aromatic rings. The Balaban J connectivity index is 2.54. The molecule has 0 bridgehead atoms. The van der Waals surface area contributed by atoms with Crippen LogP contribution in [0.3, 0.4) is 0 Å². The van der Waals surface area contributed by atoms with Crippen molar-refractivity contribution >= 4 is 0 Å². The van der Waals surface area contributed by atoms with Gasteiger partial charge in [0.25, 0.3) is 0 Å². The van der Waals surface area contributed by atoms with Crippen LogP contribution in [0.15, 0.2) is 24.4 Å². The summed E-state index contributed by atoms with van der Waals surface area (Å²) in [5.41, 5.74) is 0.989. The normalized spacial score (nSPS) is 7.42. The monoisotopic (exact) mass is 155 g/mol. The van der Waals surface area contributed by atoms with Crippen LogP contribution in [0, 0.1) is 23.7 Å². The highest BCUT2D eigenvalue weighted by Crippen LogP contribution is 1.92. The molecule has 0 aliphatic carbocycles. The van der Waals surface area contributed by atoms with Gasteiger partial charge < -0.3 is 0 Å². The van der Waals surface area contributed by atoms with E-state index in [9.17, 15) is 0 Å². The van der Waals surface area contributed by atoms with Crippen molar-refractivity contribution in [2.75, 3.05) is 0 Å². The van der Waals surface area contributed by atoms with Crippen molar-refractivity contribution in [3.63, 3.8) is 0 Å². The second-order valence-electron chi connectivity index (χ2n) is 2.17. The van der Waals surface area contributed by atoms with Gasteiger partial charge in [0.05, 0.1) is 12.1 Å². The smallest absolute Gasteiger partial charge is 0.0524 e. The van der Waals surface area contributed by atoms with Gasteiger partial charge in [0, 0.05) is 6.20 Å². The van der Waals surface area contributed by atoms with Gasteiger partial charge in [-0.1, -0.05) is 17.9 Å².